The predicted octanol–water partition coefficient (Wildman–Crippen LogP) is 8.22. The predicted molar refractivity (Wildman–Crippen MR) is 154 cm³/mol. The summed E-state index contributed by atoms with van der Waals surface area (Å²) in [4.78, 5) is 13.2. The van der Waals surface area contributed by atoms with Gasteiger partial charge < -0.3 is 9.84 Å². The van der Waals surface area contributed by atoms with Gasteiger partial charge in [0.1, 0.15) is 5.75 Å². The lowest BCUT2D eigenvalue weighted by atomic mass is 9.82. The Morgan fingerprint density at radius 3 is 2.07 bits per heavy atom. The number of rotatable bonds is 12. The van der Waals surface area contributed by atoms with Gasteiger partial charge in [-0.2, -0.15) is 13.2 Å². The molecule has 41 heavy (non-hydrogen) atoms. The van der Waals surface area contributed by atoms with Gasteiger partial charge in [0.2, 0.25) is 0 Å². The molecule has 4 aromatic carbocycles. The normalized spacial score (nSPS) is 12.0. The molecule has 214 valence electrons. The summed E-state index contributed by atoms with van der Waals surface area (Å²) in [6.07, 6.45) is -4.12. The standard InChI is InChI=1S/C33H31ClF3NO3/c1-32(26-13-4-2-5-14-26,27-15-6-3-7-16-27)38(23-25-12-9-18-29(31(25)34)33(35,36)37)19-10-20-41-28-17-8-11-24(21-28)22-30(39)40/h2-9,11-18,21H,10,19-20,22-23H2,1H3,(H,39,40). The van der Waals surface area contributed by atoms with Crippen molar-refractivity contribution in [3.8, 4) is 5.75 Å². The summed E-state index contributed by atoms with van der Waals surface area (Å²) in [7, 11) is 0. The van der Waals surface area contributed by atoms with Crippen molar-refractivity contribution in [3.05, 3.63) is 136 Å². The van der Waals surface area contributed by atoms with Crippen LogP contribution in [0.25, 0.3) is 0 Å². The Labute approximate surface area is 243 Å². The van der Waals surface area contributed by atoms with Crippen LogP contribution in [0.3, 0.4) is 0 Å². The van der Waals surface area contributed by atoms with Crippen LogP contribution in [0.2, 0.25) is 5.02 Å². The van der Waals surface area contributed by atoms with E-state index in [9.17, 15) is 18.0 Å². The molecule has 0 unspecified atom stereocenters. The van der Waals surface area contributed by atoms with E-state index < -0.39 is 23.2 Å². The summed E-state index contributed by atoms with van der Waals surface area (Å²) < 4.78 is 47.0. The maximum atomic E-state index is 13.7. The quantitative estimate of drug-likeness (QED) is 0.171. The Morgan fingerprint density at radius 2 is 1.49 bits per heavy atom. The third-order valence-corrected chi connectivity index (χ3v) is 7.59. The molecule has 4 aromatic rings. The van der Waals surface area contributed by atoms with Crippen molar-refractivity contribution in [2.45, 2.75) is 38.0 Å². The molecule has 0 spiro atoms. The Bertz CT molecular complexity index is 1410. The fourth-order valence-corrected chi connectivity index (χ4v) is 5.30. The first-order valence-corrected chi connectivity index (χ1v) is 13.6. The van der Waals surface area contributed by atoms with Crippen molar-refractivity contribution in [2.24, 2.45) is 0 Å². The average molecular weight is 582 g/mol. The molecule has 0 bridgehead atoms. The van der Waals surface area contributed by atoms with Crippen LogP contribution in [0.15, 0.2) is 103 Å². The maximum absolute atomic E-state index is 13.7. The molecule has 0 aliphatic heterocycles. The van der Waals surface area contributed by atoms with Crippen LogP contribution in [-0.2, 0) is 29.5 Å². The first-order chi connectivity index (χ1) is 19.6. The fraction of sp³-hybridized carbons (Fsp3) is 0.242. The van der Waals surface area contributed by atoms with Crippen LogP contribution < -0.4 is 4.74 Å². The molecule has 1 N–H and O–H groups in total. The molecular formula is C33H31ClF3NO3. The summed E-state index contributed by atoms with van der Waals surface area (Å²) in [6, 6.07) is 30.6. The highest BCUT2D eigenvalue weighted by Gasteiger charge is 2.37. The van der Waals surface area contributed by atoms with Gasteiger partial charge in [-0.25, -0.2) is 0 Å². The average Bonchev–Trinajstić information content (AvgIpc) is 2.95. The lowest BCUT2D eigenvalue weighted by molar-refractivity contribution is -0.138. The minimum atomic E-state index is -4.57. The molecule has 0 aliphatic rings. The van der Waals surface area contributed by atoms with Gasteiger partial charge in [0, 0.05) is 13.1 Å². The fourth-order valence-electron chi connectivity index (χ4n) is 5.01. The van der Waals surface area contributed by atoms with Crippen LogP contribution in [0.4, 0.5) is 13.2 Å². The molecule has 4 rings (SSSR count). The zero-order valence-corrected chi connectivity index (χ0v) is 23.3. The number of hydrogen-bond acceptors (Lipinski definition) is 3. The van der Waals surface area contributed by atoms with Crippen molar-refractivity contribution in [1.29, 1.82) is 0 Å². The van der Waals surface area contributed by atoms with E-state index in [1.54, 1.807) is 30.3 Å². The smallest absolute Gasteiger partial charge is 0.417 e. The zero-order chi connectivity index (χ0) is 29.5. The minimum Gasteiger partial charge on any atom is -0.494 e. The zero-order valence-electron chi connectivity index (χ0n) is 22.6. The Balaban J connectivity index is 1.65. The van der Waals surface area contributed by atoms with E-state index in [0.717, 1.165) is 17.2 Å². The van der Waals surface area contributed by atoms with Crippen LogP contribution in [-0.4, -0.2) is 29.1 Å². The Hall–Kier alpha value is -3.81. The first kappa shape index (κ1) is 30.2. The molecule has 0 amide bonds. The molecule has 0 saturated heterocycles. The molecule has 0 aromatic heterocycles. The van der Waals surface area contributed by atoms with Gasteiger partial charge in [-0.05, 0) is 53.8 Å². The molecule has 8 heteroatoms. The molecule has 0 atom stereocenters. The van der Waals surface area contributed by atoms with Crippen molar-refractivity contribution in [3.63, 3.8) is 0 Å². The number of hydrogen-bond donors (Lipinski definition) is 1. The Morgan fingerprint density at radius 1 is 0.878 bits per heavy atom. The number of carboxylic acids is 1. The lowest BCUT2D eigenvalue weighted by Gasteiger charge is -2.43. The van der Waals surface area contributed by atoms with E-state index in [1.165, 1.54) is 6.07 Å². The highest BCUT2D eigenvalue weighted by molar-refractivity contribution is 6.32. The third kappa shape index (κ3) is 7.48. The van der Waals surface area contributed by atoms with Gasteiger partial charge in [0.15, 0.2) is 0 Å². The van der Waals surface area contributed by atoms with Crippen molar-refractivity contribution < 1.29 is 27.8 Å². The molecular weight excluding hydrogens is 551 g/mol. The SMILES string of the molecule is CC(c1ccccc1)(c1ccccc1)N(CCCOc1cccc(CC(=O)O)c1)Cc1cccc(C(F)(F)F)c1Cl. The van der Waals surface area contributed by atoms with Crippen LogP contribution in [0.5, 0.6) is 5.75 Å². The molecule has 0 fully saturated rings. The van der Waals surface area contributed by atoms with E-state index in [1.807, 2.05) is 60.7 Å². The number of nitrogens with zero attached hydrogens (tertiary/aromatic N) is 1. The van der Waals surface area contributed by atoms with E-state index >= 15 is 0 Å². The van der Waals surface area contributed by atoms with Crippen molar-refractivity contribution >= 4 is 17.6 Å². The number of ether oxygens (including phenoxy) is 1. The number of halogens is 4. The molecule has 0 aliphatic carbocycles. The van der Waals surface area contributed by atoms with Crippen LogP contribution in [0, 0.1) is 0 Å². The van der Waals surface area contributed by atoms with E-state index in [0.29, 0.717) is 36.4 Å². The van der Waals surface area contributed by atoms with E-state index in [2.05, 4.69) is 11.8 Å². The Kier molecular flexibility index (Phi) is 9.73. The second-order valence-corrected chi connectivity index (χ2v) is 10.3. The van der Waals surface area contributed by atoms with E-state index in [4.69, 9.17) is 21.4 Å². The van der Waals surface area contributed by atoms with Gasteiger partial charge >= 0.3 is 12.1 Å². The third-order valence-electron chi connectivity index (χ3n) is 7.14. The number of aliphatic carboxylic acids is 1. The first-order valence-electron chi connectivity index (χ1n) is 13.2. The highest BCUT2D eigenvalue weighted by Crippen LogP contribution is 2.40. The maximum Gasteiger partial charge on any atom is 0.417 e. The molecule has 0 saturated carbocycles. The lowest BCUT2D eigenvalue weighted by Crippen LogP contribution is -2.45. The number of carbonyl (C=O) groups is 1. The van der Waals surface area contributed by atoms with Crippen molar-refractivity contribution in [1.82, 2.24) is 4.90 Å². The van der Waals surface area contributed by atoms with Crippen LogP contribution >= 0.6 is 11.6 Å². The topological polar surface area (TPSA) is 49.8 Å². The molecule has 0 heterocycles. The summed E-state index contributed by atoms with van der Waals surface area (Å²) in [5, 5.41) is 8.78. The molecule has 0 radical (unpaired) electrons. The summed E-state index contributed by atoms with van der Waals surface area (Å²) in [5.74, 6) is -0.364. The number of carboxylic acid groups (broad SMARTS) is 1. The number of alkyl halides is 3. The van der Waals surface area contributed by atoms with Gasteiger partial charge in [0.05, 0.1) is 29.2 Å². The largest absolute Gasteiger partial charge is 0.494 e. The second kappa shape index (κ2) is 13.2. The summed E-state index contributed by atoms with van der Waals surface area (Å²) >= 11 is 6.36. The number of benzene rings is 4. The summed E-state index contributed by atoms with van der Waals surface area (Å²) in [6.45, 7) is 3.03. The van der Waals surface area contributed by atoms with Gasteiger partial charge in [-0.15, -0.1) is 0 Å². The molecule has 4 nitrogen and oxygen atoms in total. The van der Waals surface area contributed by atoms with Gasteiger partial charge in [-0.3, -0.25) is 9.69 Å². The summed E-state index contributed by atoms with van der Waals surface area (Å²) in [5.41, 5.74) is 1.41. The van der Waals surface area contributed by atoms with Crippen molar-refractivity contribution in [2.75, 3.05) is 13.2 Å². The van der Waals surface area contributed by atoms with Gasteiger partial charge in [-0.1, -0.05) is 96.5 Å². The monoisotopic (exact) mass is 581 g/mol. The minimum absolute atomic E-state index is 0.102. The van der Waals surface area contributed by atoms with E-state index in [-0.39, 0.29) is 18.0 Å². The highest BCUT2D eigenvalue weighted by atomic mass is 35.5. The van der Waals surface area contributed by atoms with Gasteiger partial charge in [0.25, 0.3) is 0 Å². The van der Waals surface area contributed by atoms with Crippen LogP contribution in [0.1, 0.15) is 41.2 Å². The second-order valence-electron chi connectivity index (χ2n) is 9.92.